The van der Waals surface area contributed by atoms with Gasteiger partial charge in [0.15, 0.2) is 0 Å². The molecule has 0 fully saturated rings. The number of benzene rings is 1. The van der Waals surface area contributed by atoms with Crippen LogP contribution in [0.4, 0.5) is 4.39 Å². The molecule has 0 radical (unpaired) electrons. The largest absolute Gasteiger partial charge is 0.340 e. The van der Waals surface area contributed by atoms with Crippen LogP contribution in [0.5, 0.6) is 0 Å². The minimum Gasteiger partial charge on any atom is -0.305 e. The van der Waals surface area contributed by atoms with Crippen LogP contribution in [0, 0.1) is 5.82 Å². The van der Waals surface area contributed by atoms with Crippen molar-refractivity contribution >= 4 is 21.1 Å². The Morgan fingerprint density at radius 1 is 1.40 bits per heavy atom. The van der Waals surface area contributed by atoms with E-state index in [1.165, 1.54) is 6.07 Å². The lowest BCUT2D eigenvalue weighted by molar-refractivity contribution is 0.593. The fraction of sp³-hybridized carbons (Fsp3) is 0.125. The van der Waals surface area contributed by atoms with Gasteiger partial charge in [-0.3, -0.25) is 0 Å². The van der Waals surface area contributed by atoms with Crippen LogP contribution in [-0.2, 0) is 10.0 Å². The van der Waals surface area contributed by atoms with Crippen LogP contribution in [0.15, 0.2) is 23.0 Å². The van der Waals surface area contributed by atoms with E-state index in [0.29, 0.717) is 3.97 Å². The van der Waals surface area contributed by atoms with E-state index in [9.17, 15) is 17.6 Å². The predicted octanol–water partition coefficient (Wildman–Crippen LogP) is 0.276. The molecular formula is C8H7FN2O3S. The average molecular weight is 230 g/mol. The van der Waals surface area contributed by atoms with Crippen LogP contribution >= 0.6 is 0 Å². The van der Waals surface area contributed by atoms with Crippen LogP contribution in [0.2, 0.25) is 0 Å². The van der Waals surface area contributed by atoms with Gasteiger partial charge in [-0.2, -0.15) is 3.97 Å². The number of imidazole rings is 1. The van der Waals surface area contributed by atoms with E-state index in [0.717, 1.165) is 18.4 Å². The van der Waals surface area contributed by atoms with Gasteiger partial charge in [-0.05, 0) is 12.1 Å². The lowest BCUT2D eigenvalue weighted by Gasteiger charge is -1.98. The summed E-state index contributed by atoms with van der Waals surface area (Å²) < 4.78 is 35.9. The normalized spacial score (nSPS) is 12.1. The first-order valence-electron chi connectivity index (χ1n) is 4.00. The molecule has 5 nitrogen and oxygen atoms in total. The number of aromatic amines is 1. The molecule has 0 saturated heterocycles. The molecule has 0 saturated carbocycles. The van der Waals surface area contributed by atoms with Crippen molar-refractivity contribution < 1.29 is 12.8 Å². The van der Waals surface area contributed by atoms with Crippen LogP contribution in [0.3, 0.4) is 0 Å². The highest BCUT2D eigenvalue weighted by Crippen LogP contribution is 2.12. The quantitative estimate of drug-likeness (QED) is 0.764. The topological polar surface area (TPSA) is 71.9 Å². The maximum Gasteiger partial charge on any atom is 0.340 e. The summed E-state index contributed by atoms with van der Waals surface area (Å²) >= 11 is 0. The monoisotopic (exact) mass is 230 g/mol. The Morgan fingerprint density at radius 3 is 2.67 bits per heavy atom. The molecule has 1 aromatic carbocycles. The molecule has 0 aliphatic carbocycles. The number of nitrogens with zero attached hydrogens (tertiary/aromatic N) is 1. The molecule has 1 N–H and O–H groups in total. The second kappa shape index (κ2) is 2.93. The highest BCUT2D eigenvalue weighted by atomic mass is 32.2. The van der Waals surface area contributed by atoms with Crippen molar-refractivity contribution in [2.45, 2.75) is 0 Å². The lowest BCUT2D eigenvalue weighted by atomic mass is 10.3. The van der Waals surface area contributed by atoms with E-state index in [2.05, 4.69) is 4.98 Å². The molecule has 0 aliphatic heterocycles. The number of hydrogen-bond acceptors (Lipinski definition) is 3. The summed E-state index contributed by atoms with van der Waals surface area (Å²) in [5.74, 6) is -0.598. The highest BCUT2D eigenvalue weighted by Gasteiger charge is 2.15. The van der Waals surface area contributed by atoms with Gasteiger partial charge in [0.2, 0.25) is 10.0 Å². The second-order valence-electron chi connectivity index (χ2n) is 3.12. The Hall–Kier alpha value is -1.63. The van der Waals surface area contributed by atoms with Gasteiger partial charge < -0.3 is 4.98 Å². The van der Waals surface area contributed by atoms with Crippen LogP contribution in [-0.4, -0.2) is 23.6 Å². The summed E-state index contributed by atoms with van der Waals surface area (Å²) in [4.78, 5) is 13.6. The molecule has 2 rings (SSSR count). The lowest BCUT2D eigenvalue weighted by Crippen LogP contribution is -2.23. The number of nitrogens with one attached hydrogen (secondary N) is 1. The Morgan fingerprint density at radius 2 is 2.07 bits per heavy atom. The molecule has 15 heavy (non-hydrogen) atoms. The van der Waals surface area contributed by atoms with E-state index in [-0.39, 0.29) is 11.0 Å². The Balaban J connectivity index is 3.02. The summed E-state index contributed by atoms with van der Waals surface area (Å²) in [6.45, 7) is 0. The third-order valence-electron chi connectivity index (χ3n) is 1.94. The van der Waals surface area contributed by atoms with Crippen molar-refractivity contribution in [1.82, 2.24) is 8.96 Å². The first-order valence-corrected chi connectivity index (χ1v) is 5.85. The molecule has 1 heterocycles. The average Bonchev–Trinajstić information content (AvgIpc) is 2.38. The fourth-order valence-electron chi connectivity index (χ4n) is 1.38. The van der Waals surface area contributed by atoms with Gasteiger partial charge in [-0.15, -0.1) is 0 Å². The van der Waals surface area contributed by atoms with Crippen molar-refractivity contribution in [3.05, 3.63) is 34.5 Å². The molecule has 0 spiro atoms. The minimum absolute atomic E-state index is 0.0162. The van der Waals surface area contributed by atoms with Gasteiger partial charge >= 0.3 is 5.69 Å². The zero-order valence-electron chi connectivity index (χ0n) is 7.69. The molecule has 0 aliphatic rings. The molecular weight excluding hydrogens is 223 g/mol. The Bertz CT molecular complexity index is 683. The molecule has 0 bridgehead atoms. The van der Waals surface area contributed by atoms with Crippen molar-refractivity contribution in [3.8, 4) is 0 Å². The number of fused-ring (bicyclic) bond motifs is 1. The zero-order valence-corrected chi connectivity index (χ0v) is 8.51. The highest BCUT2D eigenvalue weighted by molar-refractivity contribution is 7.89. The number of aromatic nitrogens is 2. The SMILES string of the molecule is CS(=O)(=O)n1c(=O)[nH]c2ccc(F)cc21. The maximum absolute atomic E-state index is 12.9. The van der Waals surface area contributed by atoms with E-state index in [1.54, 1.807) is 0 Å². The van der Waals surface area contributed by atoms with Crippen molar-refractivity contribution in [1.29, 1.82) is 0 Å². The number of halogens is 1. The third-order valence-corrected chi connectivity index (χ3v) is 2.96. The second-order valence-corrected chi connectivity index (χ2v) is 4.95. The molecule has 80 valence electrons. The third kappa shape index (κ3) is 1.54. The summed E-state index contributed by atoms with van der Waals surface area (Å²) in [5.41, 5.74) is -0.493. The van der Waals surface area contributed by atoms with Crippen LogP contribution in [0.1, 0.15) is 0 Å². The predicted molar refractivity (Wildman–Crippen MR) is 52.8 cm³/mol. The van der Waals surface area contributed by atoms with Gasteiger partial charge in [0, 0.05) is 6.07 Å². The standard InChI is InChI=1S/C8H7FN2O3S/c1-15(13,14)11-7-4-5(9)2-3-6(7)10-8(11)12/h2-4H,1H3,(H,10,12). The Kier molecular flexibility index (Phi) is 1.93. The van der Waals surface area contributed by atoms with Gasteiger partial charge in [0.05, 0.1) is 17.3 Å². The molecule has 1 aromatic heterocycles. The smallest absolute Gasteiger partial charge is 0.305 e. The molecule has 2 aromatic rings. The molecule has 0 atom stereocenters. The fourth-order valence-corrected chi connectivity index (χ4v) is 2.24. The zero-order chi connectivity index (χ0) is 11.2. The number of hydrogen-bond donors (Lipinski definition) is 1. The van der Waals surface area contributed by atoms with Gasteiger partial charge in [-0.1, -0.05) is 0 Å². The van der Waals surface area contributed by atoms with Gasteiger partial charge in [0.25, 0.3) is 0 Å². The maximum atomic E-state index is 12.9. The van der Waals surface area contributed by atoms with E-state index in [4.69, 9.17) is 0 Å². The van der Waals surface area contributed by atoms with Crippen LogP contribution in [0.25, 0.3) is 11.0 Å². The summed E-state index contributed by atoms with van der Waals surface area (Å²) in [5, 5.41) is 0. The van der Waals surface area contributed by atoms with Crippen molar-refractivity contribution in [2.75, 3.05) is 6.26 Å². The minimum atomic E-state index is -3.73. The Labute approximate surface area is 84.2 Å². The van der Waals surface area contributed by atoms with E-state index < -0.39 is 21.5 Å². The van der Waals surface area contributed by atoms with Gasteiger partial charge in [0.1, 0.15) is 5.82 Å². The molecule has 0 amide bonds. The number of rotatable bonds is 1. The summed E-state index contributed by atoms with van der Waals surface area (Å²) in [7, 11) is -3.73. The first kappa shape index (κ1) is 9.91. The van der Waals surface area contributed by atoms with E-state index >= 15 is 0 Å². The van der Waals surface area contributed by atoms with Gasteiger partial charge in [-0.25, -0.2) is 17.6 Å². The summed E-state index contributed by atoms with van der Waals surface area (Å²) in [6.07, 6.45) is 0.882. The number of H-pyrrole nitrogens is 1. The van der Waals surface area contributed by atoms with Crippen LogP contribution < -0.4 is 5.69 Å². The van der Waals surface area contributed by atoms with E-state index in [1.807, 2.05) is 0 Å². The van der Waals surface area contributed by atoms with Crippen molar-refractivity contribution in [3.63, 3.8) is 0 Å². The summed E-state index contributed by atoms with van der Waals surface area (Å²) in [6, 6.07) is 3.45. The van der Waals surface area contributed by atoms with Crippen molar-refractivity contribution in [2.24, 2.45) is 0 Å². The first-order chi connectivity index (χ1) is 6.89. The molecule has 0 unspecified atom stereocenters. The molecule has 7 heteroatoms.